The third-order valence-corrected chi connectivity index (χ3v) is 23.8. The first-order valence-corrected chi connectivity index (χ1v) is 36.2. The van der Waals surface area contributed by atoms with Crippen LogP contribution in [-0.4, -0.2) is 9.97 Å². The molecular formula is C100H72N4. The molecule has 0 bridgehead atoms. The van der Waals surface area contributed by atoms with Gasteiger partial charge >= 0.3 is 0 Å². The van der Waals surface area contributed by atoms with Gasteiger partial charge in [-0.15, -0.1) is 0 Å². The van der Waals surface area contributed by atoms with Crippen LogP contribution in [0.4, 0.5) is 0 Å². The first-order valence-electron chi connectivity index (χ1n) is 36.2. The van der Waals surface area contributed by atoms with Crippen LogP contribution in [-0.2, 0) is 21.7 Å². The maximum absolute atomic E-state index is 10.3. The van der Waals surface area contributed by atoms with E-state index in [-0.39, 0.29) is 21.7 Å². The van der Waals surface area contributed by atoms with E-state index in [1.54, 1.807) is 0 Å². The van der Waals surface area contributed by atoms with Crippen LogP contribution in [0.25, 0.3) is 155 Å². The molecule has 2 heterocycles. The molecule has 4 nitrogen and oxygen atoms in total. The Morgan fingerprint density at radius 3 is 0.952 bits per heavy atom. The number of benzene rings is 14. The van der Waals surface area contributed by atoms with Gasteiger partial charge in [0.25, 0.3) is 0 Å². The topological polar surface area (TPSA) is 73.4 Å². The van der Waals surface area contributed by atoms with Crippen molar-refractivity contribution in [2.45, 2.75) is 77.0 Å². The highest BCUT2D eigenvalue weighted by Gasteiger charge is 2.40. The van der Waals surface area contributed by atoms with Crippen LogP contribution in [0.1, 0.15) is 111 Å². The molecule has 20 rings (SSSR count). The van der Waals surface area contributed by atoms with Crippen molar-refractivity contribution < 1.29 is 0 Å². The van der Waals surface area contributed by atoms with Crippen molar-refractivity contribution >= 4 is 43.4 Å². The molecule has 0 fully saturated rings. The fourth-order valence-electron chi connectivity index (χ4n) is 18.4. The Balaban J connectivity index is 0.000000143. The number of hydrogen-bond acceptors (Lipinski definition) is 4. The molecule has 104 heavy (non-hydrogen) atoms. The van der Waals surface area contributed by atoms with Gasteiger partial charge in [0, 0.05) is 59.9 Å². The largest absolute Gasteiger partial charge is 0.247 e. The summed E-state index contributed by atoms with van der Waals surface area (Å²) in [6.45, 7) is 18.6. The van der Waals surface area contributed by atoms with E-state index in [1.165, 1.54) is 117 Å². The molecule has 0 saturated carbocycles. The molecule has 4 heteroatoms. The predicted octanol–water partition coefficient (Wildman–Crippen LogP) is 25.7. The molecular weight excluding hydrogens is 1260 g/mol. The molecule has 4 aliphatic rings. The smallest absolute Gasteiger partial charge is 0.0998 e. The summed E-state index contributed by atoms with van der Waals surface area (Å²) in [7, 11) is 0. The lowest BCUT2D eigenvalue weighted by molar-refractivity contribution is 0.660. The van der Waals surface area contributed by atoms with Crippen LogP contribution in [0.3, 0.4) is 0 Å². The van der Waals surface area contributed by atoms with Crippen molar-refractivity contribution in [3.05, 3.63) is 347 Å². The number of rotatable bonds is 6. The molecule has 0 spiro atoms. The Morgan fingerprint density at radius 2 is 0.538 bits per heavy atom. The summed E-state index contributed by atoms with van der Waals surface area (Å²) in [4.78, 5) is 11.0. The van der Waals surface area contributed by atoms with E-state index in [4.69, 9.17) is 9.97 Å². The van der Waals surface area contributed by atoms with Crippen LogP contribution >= 0.6 is 0 Å². The molecule has 16 aromatic rings. The van der Waals surface area contributed by atoms with Crippen LogP contribution in [0.5, 0.6) is 0 Å². The summed E-state index contributed by atoms with van der Waals surface area (Å²) < 4.78 is 0. The summed E-state index contributed by atoms with van der Waals surface area (Å²) in [5.41, 5.74) is 36.8. The Labute approximate surface area is 607 Å². The predicted molar refractivity (Wildman–Crippen MR) is 431 cm³/mol. The Bertz CT molecular complexity index is 6520. The van der Waals surface area contributed by atoms with E-state index in [9.17, 15) is 10.5 Å². The molecule has 492 valence electrons. The van der Waals surface area contributed by atoms with Crippen LogP contribution in [0.15, 0.2) is 291 Å². The van der Waals surface area contributed by atoms with Crippen LogP contribution < -0.4 is 0 Å². The van der Waals surface area contributed by atoms with Crippen molar-refractivity contribution in [1.82, 2.24) is 9.97 Å². The minimum Gasteiger partial charge on any atom is -0.247 e. The monoisotopic (exact) mass is 1330 g/mol. The van der Waals surface area contributed by atoms with Gasteiger partial charge in [0.05, 0.1) is 45.7 Å². The van der Waals surface area contributed by atoms with Gasteiger partial charge < -0.3 is 0 Å². The van der Waals surface area contributed by atoms with Crippen molar-refractivity contribution in [2.24, 2.45) is 0 Å². The lowest BCUT2D eigenvalue weighted by Crippen LogP contribution is -2.15. The van der Waals surface area contributed by atoms with E-state index in [0.717, 1.165) is 82.7 Å². The van der Waals surface area contributed by atoms with E-state index >= 15 is 0 Å². The number of nitriles is 2. The summed E-state index contributed by atoms with van der Waals surface area (Å²) in [5, 5.41) is 26.9. The molecule has 0 N–H and O–H groups in total. The molecule has 0 amide bonds. The molecule has 0 atom stereocenters. The standard InChI is InChI=1S/2C50H36N2/c1-49(2)43-18-9-7-15-35(43)37-22-20-32(25-45(37)49)40-27-42-41(31-13-11-12-30(24-31)29-51)28-47(52-48(42)39-17-6-5-14-34(39)40)33-21-23-38-36-16-8-10-19-44(36)50(3,4)46(38)26-33;1-49(2)43-19-11-9-16-35(43)37-23-21-30(25-45(37)49)40-27-42-41(33-14-6-5-13-32(33)29-51)28-47(52-48(42)39-18-8-7-15-34(39)40)31-22-24-38-36-17-10-12-20-44(36)50(3,4)46(38)26-31/h2*5-28H,1-4H3. The van der Waals surface area contributed by atoms with Gasteiger partial charge in [0.15, 0.2) is 0 Å². The van der Waals surface area contributed by atoms with Crippen LogP contribution in [0.2, 0.25) is 0 Å². The zero-order valence-electron chi connectivity index (χ0n) is 59.5. The normalized spacial score (nSPS) is 14.4. The Morgan fingerprint density at radius 1 is 0.221 bits per heavy atom. The zero-order chi connectivity index (χ0) is 70.7. The summed E-state index contributed by atoms with van der Waals surface area (Å²) in [5.74, 6) is 0. The minimum atomic E-state index is -0.123. The number of pyridine rings is 2. The van der Waals surface area contributed by atoms with Crippen LogP contribution in [0, 0.1) is 22.7 Å². The summed E-state index contributed by atoms with van der Waals surface area (Å²) >= 11 is 0. The summed E-state index contributed by atoms with van der Waals surface area (Å²) in [6.07, 6.45) is 0. The maximum atomic E-state index is 10.3. The summed E-state index contributed by atoms with van der Waals surface area (Å²) in [6, 6.07) is 110. The third kappa shape index (κ3) is 9.28. The number of aromatic nitrogens is 2. The lowest BCUT2D eigenvalue weighted by Gasteiger charge is -2.22. The molecule has 0 saturated heterocycles. The van der Waals surface area contributed by atoms with Crippen molar-refractivity contribution in [1.29, 1.82) is 10.5 Å². The number of hydrogen-bond donors (Lipinski definition) is 0. The highest BCUT2D eigenvalue weighted by Crippen LogP contribution is 2.55. The first kappa shape index (κ1) is 62.4. The highest BCUT2D eigenvalue weighted by atomic mass is 14.7. The van der Waals surface area contributed by atoms with Crippen molar-refractivity contribution in [2.75, 3.05) is 0 Å². The van der Waals surface area contributed by atoms with Gasteiger partial charge in [-0.3, -0.25) is 0 Å². The molecule has 0 radical (unpaired) electrons. The Kier molecular flexibility index (Phi) is 13.8. The average Bonchev–Trinajstić information content (AvgIpc) is 1.25. The van der Waals surface area contributed by atoms with Gasteiger partial charge in [-0.05, 0) is 205 Å². The third-order valence-electron chi connectivity index (χ3n) is 23.8. The SMILES string of the molecule is CC1(C)c2ccccc2-c2ccc(-c3cc(-c4cccc(C#N)c4)c4cc(-c5ccc6c(c5)C(C)(C)c5ccccc5-6)c5ccccc5c4n3)cc21.CC1(C)c2ccccc2-c2ccc(-c3cc(-c4ccccc4C#N)c4cc(-c5ccc6c(c5)C(C)(C)c5ccccc5-6)c5ccccc5c4n3)cc21. The zero-order valence-corrected chi connectivity index (χ0v) is 59.5. The minimum absolute atomic E-state index is 0.0975. The lowest BCUT2D eigenvalue weighted by atomic mass is 9.81. The highest BCUT2D eigenvalue weighted by molar-refractivity contribution is 6.18. The number of fused-ring (bicyclic) bond motifs is 18. The van der Waals surface area contributed by atoms with Gasteiger partial charge in [-0.2, -0.15) is 10.5 Å². The average molecular weight is 1330 g/mol. The Hall–Kier alpha value is -12.6. The van der Waals surface area contributed by atoms with Crippen molar-refractivity contribution in [3.63, 3.8) is 0 Å². The maximum Gasteiger partial charge on any atom is 0.0998 e. The fraction of sp³-hybridized carbons (Fsp3) is 0.120. The van der Waals surface area contributed by atoms with Gasteiger partial charge in [0.1, 0.15) is 0 Å². The van der Waals surface area contributed by atoms with Crippen molar-refractivity contribution in [3.8, 4) is 124 Å². The van der Waals surface area contributed by atoms with E-state index in [0.29, 0.717) is 11.1 Å². The molecule has 0 unspecified atom stereocenters. The van der Waals surface area contributed by atoms with Gasteiger partial charge in [-0.25, -0.2) is 9.97 Å². The van der Waals surface area contributed by atoms with Gasteiger partial charge in [0.2, 0.25) is 0 Å². The van der Waals surface area contributed by atoms with Gasteiger partial charge in [-0.1, -0.05) is 280 Å². The quantitative estimate of drug-likeness (QED) is 0.156. The van der Waals surface area contributed by atoms with E-state index in [1.807, 2.05) is 36.4 Å². The molecule has 4 aliphatic carbocycles. The second-order valence-electron chi connectivity index (χ2n) is 30.9. The fourth-order valence-corrected chi connectivity index (χ4v) is 18.4. The second kappa shape index (κ2) is 23.0. The second-order valence-corrected chi connectivity index (χ2v) is 30.9. The van der Waals surface area contributed by atoms with E-state index < -0.39 is 0 Å². The van der Waals surface area contributed by atoms with E-state index in [2.05, 4.69) is 322 Å². The molecule has 0 aliphatic heterocycles. The first-order chi connectivity index (χ1) is 50.5. The number of nitrogens with zero attached hydrogens (tertiary/aromatic N) is 4. The molecule has 14 aromatic carbocycles. The molecule has 2 aromatic heterocycles.